The van der Waals surface area contributed by atoms with Gasteiger partial charge < -0.3 is 14.1 Å². The molecule has 6 nitrogen and oxygen atoms in total. The lowest BCUT2D eigenvalue weighted by Gasteiger charge is -2.21. The first-order valence-electron chi connectivity index (χ1n) is 8.56. The molecule has 0 radical (unpaired) electrons. The Morgan fingerprint density at radius 1 is 1.15 bits per heavy atom. The molecule has 0 unspecified atom stereocenters. The van der Waals surface area contributed by atoms with Crippen LogP contribution in [-0.4, -0.2) is 34.9 Å². The van der Waals surface area contributed by atoms with Gasteiger partial charge in [-0.05, 0) is 24.6 Å². The number of esters is 1. The van der Waals surface area contributed by atoms with E-state index in [2.05, 4.69) is 4.98 Å². The van der Waals surface area contributed by atoms with E-state index < -0.39 is 12.1 Å². The molecule has 3 aromatic rings. The number of rotatable bonds is 6. The molecule has 1 heterocycles. The zero-order valence-corrected chi connectivity index (χ0v) is 15.2. The van der Waals surface area contributed by atoms with Crippen LogP contribution in [0.1, 0.15) is 18.4 Å². The normalized spacial score (nSPS) is 12.2. The Morgan fingerprint density at radius 3 is 2.59 bits per heavy atom. The van der Waals surface area contributed by atoms with Gasteiger partial charge in [0.2, 0.25) is 5.89 Å². The molecule has 1 aromatic heterocycles. The molecule has 0 aliphatic rings. The number of amides is 1. The van der Waals surface area contributed by atoms with Crippen molar-refractivity contribution < 1.29 is 18.7 Å². The highest BCUT2D eigenvalue weighted by atomic mass is 16.5. The summed E-state index contributed by atoms with van der Waals surface area (Å²) in [6, 6.07) is 16.9. The van der Waals surface area contributed by atoms with Crippen LogP contribution in [0.15, 0.2) is 65.1 Å². The standard InChI is InChI=1S/C21H20N2O4/c1-15(21(25)23(2)14-16-8-4-3-5-9-16)26-20(24)13-12-19-22-17-10-6-7-11-18(17)27-19/h3-13,15H,14H2,1-2H3/b13-12+/t15-/m1/s1. The molecular formula is C21H20N2O4. The Morgan fingerprint density at radius 2 is 1.85 bits per heavy atom. The molecule has 1 atom stereocenters. The quantitative estimate of drug-likeness (QED) is 0.495. The lowest BCUT2D eigenvalue weighted by atomic mass is 10.2. The number of para-hydroxylation sites is 2. The molecule has 0 saturated carbocycles. The van der Waals surface area contributed by atoms with Gasteiger partial charge in [0.25, 0.3) is 5.91 Å². The molecular weight excluding hydrogens is 344 g/mol. The Bertz CT molecular complexity index is 929. The van der Waals surface area contributed by atoms with E-state index in [0.717, 1.165) is 5.56 Å². The van der Waals surface area contributed by atoms with Crippen LogP contribution in [0, 0.1) is 0 Å². The average molecular weight is 364 g/mol. The van der Waals surface area contributed by atoms with Crippen molar-refractivity contribution in [3.8, 4) is 0 Å². The van der Waals surface area contributed by atoms with Crippen LogP contribution in [0.5, 0.6) is 0 Å². The minimum absolute atomic E-state index is 0.275. The van der Waals surface area contributed by atoms with Crippen LogP contribution in [0.3, 0.4) is 0 Å². The maximum absolute atomic E-state index is 12.4. The predicted molar refractivity (Wildman–Crippen MR) is 102 cm³/mol. The molecule has 0 aliphatic heterocycles. The third-order valence-corrected chi connectivity index (χ3v) is 3.95. The summed E-state index contributed by atoms with van der Waals surface area (Å²) >= 11 is 0. The lowest BCUT2D eigenvalue weighted by molar-refractivity contribution is -0.154. The molecule has 0 saturated heterocycles. The monoisotopic (exact) mass is 364 g/mol. The SMILES string of the molecule is C[C@@H](OC(=O)/C=C/c1nc2ccccc2o1)C(=O)N(C)Cc1ccccc1. The second-order valence-electron chi connectivity index (χ2n) is 6.11. The number of ether oxygens (including phenoxy) is 1. The number of hydrogen-bond acceptors (Lipinski definition) is 5. The zero-order chi connectivity index (χ0) is 19.2. The molecule has 0 spiro atoms. The smallest absolute Gasteiger partial charge is 0.331 e. The number of oxazole rings is 1. The largest absolute Gasteiger partial charge is 0.449 e. The fourth-order valence-electron chi connectivity index (χ4n) is 2.61. The first-order chi connectivity index (χ1) is 13.0. The third-order valence-electron chi connectivity index (χ3n) is 3.95. The molecule has 0 aliphatic carbocycles. The summed E-state index contributed by atoms with van der Waals surface area (Å²) in [7, 11) is 1.67. The second kappa shape index (κ2) is 8.31. The van der Waals surface area contributed by atoms with Gasteiger partial charge >= 0.3 is 5.97 Å². The highest BCUT2D eigenvalue weighted by Crippen LogP contribution is 2.15. The Kier molecular flexibility index (Phi) is 5.66. The molecule has 138 valence electrons. The number of fused-ring (bicyclic) bond motifs is 1. The van der Waals surface area contributed by atoms with Gasteiger partial charge in [-0.1, -0.05) is 42.5 Å². The Labute approximate surface area is 157 Å². The van der Waals surface area contributed by atoms with Crippen LogP contribution >= 0.6 is 0 Å². The lowest BCUT2D eigenvalue weighted by Crippen LogP contribution is -2.36. The van der Waals surface area contributed by atoms with E-state index in [1.54, 1.807) is 20.0 Å². The predicted octanol–water partition coefficient (Wildman–Crippen LogP) is 3.43. The molecule has 0 bridgehead atoms. The summed E-state index contributed by atoms with van der Waals surface area (Å²) in [6.45, 7) is 2.00. The van der Waals surface area contributed by atoms with E-state index in [-0.39, 0.29) is 5.91 Å². The number of nitrogens with zero attached hydrogens (tertiary/aromatic N) is 2. The number of likely N-dealkylation sites (N-methyl/N-ethyl adjacent to an activating group) is 1. The molecule has 0 fully saturated rings. The molecule has 2 aromatic carbocycles. The van der Waals surface area contributed by atoms with Gasteiger partial charge in [0.15, 0.2) is 11.7 Å². The van der Waals surface area contributed by atoms with E-state index in [1.807, 2.05) is 48.5 Å². The molecule has 0 N–H and O–H groups in total. The van der Waals surface area contributed by atoms with Gasteiger partial charge in [-0.15, -0.1) is 0 Å². The number of carbonyl (C=O) groups excluding carboxylic acids is 2. The van der Waals surface area contributed by atoms with Gasteiger partial charge in [-0.25, -0.2) is 9.78 Å². The number of hydrogen-bond donors (Lipinski definition) is 0. The van der Waals surface area contributed by atoms with Crippen LogP contribution in [-0.2, 0) is 20.9 Å². The van der Waals surface area contributed by atoms with E-state index in [1.165, 1.54) is 17.1 Å². The van der Waals surface area contributed by atoms with Crippen molar-refractivity contribution in [3.63, 3.8) is 0 Å². The van der Waals surface area contributed by atoms with Crippen molar-refractivity contribution >= 4 is 29.1 Å². The highest BCUT2D eigenvalue weighted by Gasteiger charge is 2.20. The van der Waals surface area contributed by atoms with Crippen LogP contribution in [0.2, 0.25) is 0 Å². The molecule has 6 heteroatoms. The number of aromatic nitrogens is 1. The van der Waals surface area contributed by atoms with Gasteiger partial charge in [0, 0.05) is 25.7 Å². The Balaban J connectivity index is 1.55. The van der Waals surface area contributed by atoms with E-state index >= 15 is 0 Å². The summed E-state index contributed by atoms with van der Waals surface area (Å²) in [4.78, 5) is 30.1. The summed E-state index contributed by atoms with van der Waals surface area (Å²) in [5.41, 5.74) is 2.34. The minimum Gasteiger partial charge on any atom is -0.449 e. The minimum atomic E-state index is -0.889. The van der Waals surface area contributed by atoms with Crippen molar-refractivity contribution in [2.24, 2.45) is 0 Å². The van der Waals surface area contributed by atoms with E-state index in [4.69, 9.17) is 9.15 Å². The molecule has 27 heavy (non-hydrogen) atoms. The van der Waals surface area contributed by atoms with Gasteiger partial charge in [0.1, 0.15) is 5.52 Å². The van der Waals surface area contributed by atoms with Gasteiger partial charge in [-0.3, -0.25) is 4.79 Å². The van der Waals surface area contributed by atoms with Crippen LogP contribution in [0.4, 0.5) is 0 Å². The van der Waals surface area contributed by atoms with Crippen LogP contribution < -0.4 is 0 Å². The van der Waals surface area contributed by atoms with Gasteiger partial charge in [0.05, 0.1) is 0 Å². The maximum atomic E-state index is 12.4. The molecule has 3 rings (SSSR count). The summed E-state index contributed by atoms with van der Waals surface area (Å²) in [5, 5.41) is 0. The fourth-order valence-corrected chi connectivity index (χ4v) is 2.61. The second-order valence-corrected chi connectivity index (χ2v) is 6.11. The van der Waals surface area contributed by atoms with E-state index in [9.17, 15) is 9.59 Å². The highest BCUT2D eigenvalue weighted by molar-refractivity contribution is 5.90. The topological polar surface area (TPSA) is 72.6 Å². The van der Waals surface area contributed by atoms with Crippen molar-refractivity contribution in [1.29, 1.82) is 0 Å². The maximum Gasteiger partial charge on any atom is 0.331 e. The summed E-state index contributed by atoms with van der Waals surface area (Å²) in [6.07, 6.45) is 1.73. The molecule has 1 amide bonds. The average Bonchev–Trinajstić information content (AvgIpc) is 3.09. The van der Waals surface area contributed by atoms with Gasteiger partial charge in [-0.2, -0.15) is 0 Å². The number of benzene rings is 2. The van der Waals surface area contributed by atoms with Crippen LogP contribution in [0.25, 0.3) is 17.2 Å². The van der Waals surface area contributed by atoms with Crippen molar-refractivity contribution in [2.75, 3.05) is 7.05 Å². The van der Waals surface area contributed by atoms with Crippen molar-refractivity contribution in [1.82, 2.24) is 9.88 Å². The zero-order valence-electron chi connectivity index (χ0n) is 15.2. The van der Waals surface area contributed by atoms with Crippen molar-refractivity contribution in [3.05, 3.63) is 72.1 Å². The first kappa shape index (κ1) is 18.4. The summed E-state index contributed by atoms with van der Waals surface area (Å²) in [5.74, 6) is -0.609. The fraction of sp³-hybridized carbons (Fsp3) is 0.190. The Hall–Kier alpha value is -3.41. The van der Waals surface area contributed by atoms with Crippen molar-refractivity contribution in [2.45, 2.75) is 19.6 Å². The number of carbonyl (C=O) groups is 2. The first-order valence-corrected chi connectivity index (χ1v) is 8.56. The third kappa shape index (κ3) is 4.82. The van der Waals surface area contributed by atoms with E-state index in [0.29, 0.717) is 23.5 Å². The summed E-state index contributed by atoms with van der Waals surface area (Å²) < 4.78 is 10.7.